The molecular formula is C15H19BrFNO. The van der Waals surface area contributed by atoms with Gasteiger partial charge in [-0.15, -0.1) is 0 Å². The third-order valence-corrected chi connectivity index (χ3v) is 4.41. The Morgan fingerprint density at radius 2 is 2.05 bits per heavy atom. The molecule has 1 fully saturated rings. The first-order chi connectivity index (χ1) is 9.08. The van der Waals surface area contributed by atoms with E-state index in [2.05, 4.69) is 15.9 Å². The Bertz CT molecular complexity index is 457. The summed E-state index contributed by atoms with van der Waals surface area (Å²) < 4.78 is 13.8. The number of amides is 1. The summed E-state index contributed by atoms with van der Waals surface area (Å²) in [5.74, 6) is 0.108. The lowest BCUT2D eigenvalue weighted by Crippen LogP contribution is -2.32. The number of rotatable bonds is 3. The Kier molecular flexibility index (Phi) is 4.97. The minimum absolute atomic E-state index is 0.100. The summed E-state index contributed by atoms with van der Waals surface area (Å²) in [6, 6.07) is 4.54. The third-order valence-electron chi connectivity index (χ3n) is 3.77. The molecule has 0 atom stereocenters. The lowest BCUT2D eigenvalue weighted by atomic mass is 9.89. The molecule has 2 rings (SSSR count). The van der Waals surface area contributed by atoms with Crippen molar-refractivity contribution in [2.24, 2.45) is 5.92 Å². The fourth-order valence-electron chi connectivity index (χ4n) is 2.69. The van der Waals surface area contributed by atoms with Crippen molar-refractivity contribution in [1.29, 1.82) is 0 Å². The summed E-state index contributed by atoms with van der Waals surface area (Å²) in [6.07, 6.45) is 6.24. The average molecular weight is 328 g/mol. The Morgan fingerprint density at radius 1 is 1.37 bits per heavy atom. The molecule has 0 bridgehead atoms. The van der Waals surface area contributed by atoms with Crippen LogP contribution in [0.2, 0.25) is 0 Å². The van der Waals surface area contributed by atoms with Gasteiger partial charge in [-0.1, -0.05) is 19.3 Å². The number of carbonyl (C=O) groups is 1. The second kappa shape index (κ2) is 6.51. The zero-order chi connectivity index (χ0) is 13.8. The van der Waals surface area contributed by atoms with E-state index in [4.69, 9.17) is 0 Å². The van der Waals surface area contributed by atoms with Gasteiger partial charge in [0.25, 0.3) is 5.91 Å². The number of hydrogen-bond donors (Lipinski definition) is 0. The fourth-order valence-corrected chi connectivity index (χ4v) is 2.94. The van der Waals surface area contributed by atoms with E-state index in [-0.39, 0.29) is 5.91 Å². The van der Waals surface area contributed by atoms with Crippen LogP contribution in [0.4, 0.5) is 4.39 Å². The quantitative estimate of drug-likeness (QED) is 0.813. The molecule has 0 spiro atoms. The Hall–Kier alpha value is -0.900. The Morgan fingerprint density at radius 3 is 2.68 bits per heavy atom. The van der Waals surface area contributed by atoms with Gasteiger partial charge in [-0.05, 0) is 52.9 Å². The summed E-state index contributed by atoms with van der Waals surface area (Å²) in [4.78, 5) is 13.9. The third kappa shape index (κ3) is 3.78. The Balaban J connectivity index is 1.99. The van der Waals surface area contributed by atoms with E-state index in [1.807, 2.05) is 0 Å². The van der Waals surface area contributed by atoms with Gasteiger partial charge in [0.15, 0.2) is 0 Å². The van der Waals surface area contributed by atoms with Crippen molar-refractivity contribution in [3.05, 3.63) is 34.1 Å². The molecule has 0 aromatic heterocycles. The van der Waals surface area contributed by atoms with Crippen molar-refractivity contribution in [1.82, 2.24) is 4.90 Å². The number of nitrogens with zero attached hydrogens (tertiary/aromatic N) is 1. The summed E-state index contributed by atoms with van der Waals surface area (Å²) in [7, 11) is 1.80. The Labute approximate surface area is 122 Å². The molecule has 1 amide bonds. The van der Waals surface area contributed by atoms with E-state index in [9.17, 15) is 9.18 Å². The van der Waals surface area contributed by atoms with Gasteiger partial charge in [-0.25, -0.2) is 4.39 Å². The first kappa shape index (κ1) is 14.5. The molecule has 2 nitrogen and oxygen atoms in total. The van der Waals surface area contributed by atoms with E-state index in [0.29, 0.717) is 16.0 Å². The number of halogens is 2. The molecule has 1 aliphatic carbocycles. The predicted octanol–water partition coefficient (Wildman–Crippen LogP) is 4.24. The first-order valence-corrected chi connectivity index (χ1v) is 7.57. The summed E-state index contributed by atoms with van der Waals surface area (Å²) >= 11 is 3.10. The van der Waals surface area contributed by atoms with Crippen LogP contribution >= 0.6 is 15.9 Å². The molecule has 0 unspecified atom stereocenters. The standard InChI is InChI=1S/C15H19BrFNO/c1-18(10-11-5-3-2-4-6-11)15(19)12-7-8-13(16)14(17)9-12/h7-9,11H,2-6,10H2,1H3. The van der Waals surface area contributed by atoms with Crippen molar-refractivity contribution in [3.8, 4) is 0 Å². The van der Waals surface area contributed by atoms with Gasteiger partial charge in [0.1, 0.15) is 5.82 Å². The molecule has 19 heavy (non-hydrogen) atoms. The van der Waals surface area contributed by atoms with Crippen LogP contribution in [0.25, 0.3) is 0 Å². The second-order valence-electron chi connectivity index (χ2n) is 5.32. The van der Waals surface area contributed by atoms with Crippen LogP contribution in [0.1, 0.15) is 42.5 Å². The fraction of sp³-hybridized carbons (Fsp3) is 0.533. The van der Waals surface area contributed by atoms with Crippen molar-refractivity contribution < 1.29 is 9.18 Å². The van der Waals surface area contributed by atoms with Gasteiger partial charge in [0.05, 0.1) is 4.47 Å². The smallest absolute Gasteiger partial charge is 0.253 e. The highest BCUT2D eigenvalue weighted by Crippen LogP contribution is 2.25. The molecule has 1 aromatic carbocycles. The van der Waals surface area contributed by atoms with Crippen LogP contribution in [0.3, 0.4) is 0 Å². The van der Waals surface area contributed by atoms with Gasteiger partial charge in [0, 0.05) is 19.2 Å². The average Bonchev–Trinajstić information content (AvgIpc) is 2.42. The van der Waals surface area contributed by atoms with Crippen molar-refractivity contribution >= 4 is 21.8 Å². The van der Waals surface area contributed by atoms with E-state index < -0.39 is 5.82 Å². The first-order valence-electron chi connectivity index (χ1n) is 6.78. The molecule has 1 aliphatic rings. The summed E-state index contributed by atoms with van der Waals surface area (Å²) in [6.45, 7) is 0.774. The molecule has 0 heterocycles. The van der Waals surface area contributed by atoms with Crippen molar-refractivity contribution in [2.75, 3.05) is 13.6 Å². The van der Waals surface area contributed by atoms with E-state index >= 15 is 0 Å². The topological polar surface area (TPSA) is 20.3 Å². The van der Waals surface area contributed by atoms with E-state index in [1.165, 1.54) is 38.2 Å². The monoisotopic (exact) mass is 327 g/mol. The van der Waals surface area contributed by atoms with Crippen LogP contribution in [0.5, 0.6) is 0 Å². The molecule has 0 saturated heterocycles. The second-order valence-corrected chi connectivity index (χ2v) is 6.17. The molecule has 0 aliphatic heterocycles. The number of hydrogen-bond acceptors (Lipinski definition) is 1. The van der Waals surface area contributed by atoms with E-state index in [1.54, 1.807) is 24.1 Å². The molecule has 0 radical (unpaired) electrons. The lowest BCUT2D eigenvalue weighted by molar-refractivity contribution is 0.0760. The summed E-state index contributed by atoms with van der Waals surface area (Å²) in [5, 5.41) is 0. The molecule has 104 valence electrons. The zero-order valence-electron chi connectivity index (χ0n) is 11.2. The van der Waals surface area contributed by atoms with Crippen LogP contribution in [0, 0.1) is 11.7 Å². The highest BCUT2D eigenvalue weighted by molar-refractivity contribution is 9.10. The molecule has 4 heteroatoms. The lowest BCUT2D eigenvalue weighted by Gasteiger charge is -2.27. The summed E-state index contributed by atoms with van der Waals surface area (Å²) in [5.41, 5.74) is 0.416. The highest BCUT2D eigenvalue weighted by atomic mass is 79.9. The van der Waals surface area contributed by atoms with Crippen LogP contribution in [-0.4, -0.2) is 24.4 Å². The van der Waals surface area contributed by atoms with Crippen LogP contribution in [-0.2, 0) is 0 Å². The van der Waals surface area contributed by atoms with Gasteiger partial charge in [-0.2, -0.15) is 0 Å². The number of carbonyl (C=O) groups excluding carboxylic acids is 1. The maximum absolute atomic E-state index is 13.4. The van der Waals surface area contributed by atoms with E-state index in [0.717, 1.165) is 6.54 Å². The maximum atomic E-state index is 13.4. The molecule has 1 saturated carbocycles. The van der Waals surface area contributed by atoms with Crippen molar-refractivity contribution in [2.45, 2.75) is 32.1 Å². The normalized spacial score (nSPS) is 16.4. The predicted molar refractivity (Wildman–Crippen MR) is 77.6 cm³/mol. The van der Waals surface area contributed by atoms with Crippen LogP contribution < -0.4 is 0 Å². The minimum Gasteiger partial charge on any atom is -0.341 e. The SMILES string of the molecule is CN(CC1CCCCC1)C(=O)c1ccc(Br)c(F)c1. The van der Waals surface area contributed by atoms with Crippen LogP contribution in [0.15, 0.2) is 22.7 Å². The highest BCUT2D eigenvalue weighted by Gasteiger charge is 2.19. The molecular weight excluding hydrogens is 309 g/mol. The van der Waals surface area contributed by atoms with Crippen molar-refractivity contribution in [3.63, 3.8) is 0 Å². The zero-order valence-corrected chi connectivity index (χ0v) is 12.7. The number of benzene rings is 1. The minimum atomic E-state index is -0.392. The van der Waals surface area contributed by atoms with Gasteiger partial charge >= 0.3 is 0 Å². The van der Waals surface area contributed by atoms with Gasteiger partial charge in [0.2, 0.25) is 0 Å². The van der Waals surface area contributed by atoms with Gasteiger partial charge < -0.3 is 4.90 Å². The molecule has 0 N–H and O–H groups in total. The molecule has 1 aromatic rings. The largest absolute Gasteiger partial charge is 0.341 e. The maximum Gasteiger partial charge on any atom is 0.253 e. The van der Waals surface area contributed by atoms with Gasteiger partial charge in [-0.3, -0.25) is 4.79 Å².